The number of benzene rings is 11. The first-order valence-electron chi connectivity index (χ1n) is 24.1. The van der Waals surface area contributed by atoms with Crippen molar-refractivity contribution in [3.05, 3.63) is 255 Å². The number of rotatable bonds is 6. The Morgan fingerprint density at radius 1 is 0.171 bits per heavy atom. The molecule has 4 heterocycles. The highest BCUT2D eigenvalue weighted by Crippen LogP contribution is 2.48. The number of para-hydroxylation sites is 11. The van der Waals surface area contributed by atoms with Crippen LogP contribution in [0.2, 0.25) is 0 Å². The lowest BCUT2D eigenvalue weighted by Crippen LogP contribution is -2.06. The Bertz CT molecular complexity index is 4270. The van der Waals surface area contributed by atoms with Gasteiger partial charge in [-0.25, -0.2) is 0 Å². The second kappa shape index (κ2) is 15.1. The third-order valence-corrected chi connectivity index (χ3v) is 14.8. The summed E-state index contributed by atoms with van der Waals surface area (Å²) in [7, 11) is 0. The van der Waals surface area contributed by atoms with E-state index in [4.69, 9.17) is 0 Å². The van der Waals surface area contributed by atoms with Crippen LogP contribution in [0.1, 0.15) is 0 Å². The van der Waals surface area contributed by atoms with Crippen molar-refractivity contribution in [3.63, 3.8) is 0 Å². The van der Waals surface area contributed by atoms with Gasteiger partial charge in [0.25, 0.3) is 0 Å². The monoisotopic (exact) mass is 890 g/mol. The minimum absolute atomic E-state index is 1.11. The van der Waals surface area contributed by atoms with Crippen LogP contribution in [0, 0.1) is 0 Å². The fraction of sp³-hybridized carbons (Fsp3) is 0. The van der Waals surface area contributed by atoms with Gasteiger partial charge in [-0.2, -0.15) is 0 Å². The molecule has 0 aliphatic rings. The first-order valence-corrected chi connectivity index (χ1v) is 24.1. The summed E-state index contributed by atoms with van der Waals surface area (Å²) in [6.07, 6.45) is 0. The quantitative estimate of drug-likeness (QED) is 0.158. The fourth-order valence-electron chi connectivity index (χ4n) is 12.0. The third-order valence-electron chi connectivity index (χ3n) is 14.8. The van der Waals surface area contributed by atoms with Crippen molar-refractivity contribution in [2.75, 3.05) is 0 Å². The van der Waals surface area contributed by atoms with Gasteiger partial charge in [-0.1, -0.05) is 194 Å². The van der Waals surface area contributed by atoms with Crippen molar-refractivity contribution in [2.45, 2.75) is 0 Å². The molecule has 4 nitrogen and oxygen atoms in total. The van der Waals surface area contributed by atoms with E-state index >= 15 is 0 Å². The van der Waals surface area contributed by atoms with Crippen LogP contribution in [0.4, 0.5) is 0 Å². The molecule has 326 valence electrons. The summed E-state index contributed by atoms with van der Waals surface area (Å²) in [5.74, 6) is 0. The van der Waals surface area contributed by atoms with Gasteiger partial charge in [0, 0.05) is 65.3 Å². The van der Waals surface area contributed by atoms with Crippen LogP contribution in [-0.4, -0.2) is 18.3 Å². The van der Waals surface area contributed by atoms with Crippen LogP contribution in [0.3, 0.4) is 0 Å². The topological polar surface area (TPSA) is 19.7 Å². The number of fused-ring (bicyclic) bond motifs is 12. The normalized spacial score (nSPS) is 12.0. The molecule has 0 radical (unpaired) electrons. The standard InChI is InChI=1S/C66H42N4/c1-10-33-55-43(21-1)44-22-2-11-34-56(44)67(55)61-39-16-7-27-49(61)52-30-19-31-53(50-28-8-17-40-62(50)68-57-35-12-3-23-45(57)46-24-4-13-36-58(46)68)65(52)70-63-41-18-9-29-51(63)54-32-20-42-64(66(54)70)69-59-37-14-5-25-47(59)48-26-6-15-38-60(48)69/h1-42H. The summed E-state index contributed by atoms with van der Waals surface area (Å²) < 4.78 is 10.0. The number of hydrogen-bond donors (Lipinski definition) is 0. The molecule has 0 saturated carbocycles. The van der Waals surface area contributed by atoms with E-state index < -0.39 is 0 Å². The van der Waals surface area contributed by atoms with Crippen molar-refractivity contribution >= 4 is 87.2 Å². The fourth-order valence-corrected chi connectivity index (χ4v) is 12.0. The Morgan fingerprint density at radius 2 is 0.414 bits per heavy atom. The third kappa shape index (κ3) is 5.41. The zero-order chi connectivity index (χ0) is 45.9. The van der Waals surface area contributed by atoms with Gasteiger partial charge in [-0.3, -0.25) is 0 Å². The number of aromatic nitrogens is 4. The highest BCUT2D eigenvalue weighted by Gasteiger charge is 2.27. The molecule has 4 heteroatoms. The Kier molecular flexibility index (Phi) is 8.33. The molecule has 15 aromatic rings. The predicted molar refractivity (Wildman–Crippen MR) is 295 cm³/mol. The van der Waals surface area contributed by atoms with E-state index in [0.717, 1.165) is 56.0 Å². The van der Waals surface area contributed by atoms with Crippen LogP contribution < -0.4 is 0 Å². The molecule has 0 saturated heterocycles. The van der Waals surface area contributed by atoms with Gasteiger partial charge in [0.1, 0.15) is 0 Å². The second-order valence-electron chi connectivity index (χ2n) is 18.4. The van der Waals surface area contributed by atoms with E-state index in [0.29, 0.717) is 0 Å². The molecule has 0 atom stereocenters. The molecular weight excluding hydrogens is 849 g/mol. The zero-order valence-corrected chi connectivity index (χ0v) is 38.0. The summed E-state index contributed by atoms with van der Waals surface area (Å²) in [6.45, 7) is 0. The Labute approximate surface area is 403 Å². The molecule has 70 heavy (non-hydrogen) atoms. The Balaban J connectivity index is 1.12. The van der Waals surface area contributed by atoms with E-state index in [1.165, 1.54) is 76.2 Å². The molecule has 0 spiro atoms. The molecular formula is C66H42N4. The average molecular weight is 891 g/mol. The zero-order valence-electron chi connectivity index (χ0n) is 38.0. The van der Waals surface area contributed by atoms with E-state index in [-0.39, 0.29) is 0 Å². The van der Waals surface area contributed by atoms with Gasteiger partial charge in [0.15, 0.2) is 0 Å². The smallest absolute Gasteiger partial charge is 0.0782 e. The van der Waals surface area contributed by atoms with Gasteiger partial charge in [0.05, 0.1) is 66.9 Å². The van der Waals surface area contributed by atoms with Crippen molar-refractivity contribution < 1.29 is 0 Å². The molecule has 11 aromatic carbocycles. The van der Waals surface area contributed by atoms with Gasteiger partial charge in [0.2, 0.25) is 0 Å². The van der Waals surface area contributed by atoms with Crippen molar-refractivity contribution in [3.8, 4) is 45.0 Å². The van der Waals surface area contributed by atoms with Crippen molar-refractivity contribution in [2.24, 2.45) is 0 Å². The molecule has 0 N–H and O–H groups in total. The molecule has 0 aliphatic carbocycles. The van der Waals surface area contributed by atoms with Crippen LogP contribution in [0.5, 0.6) is 0 Å². The summed E-state index contributed by atoms with van der Waals surface area (Å²) in [4.78, 5) is 0. The van der Waals surface area contributed by atoms with Crippen LogP contribution >= 0.6 is 0 Å². The highest BCUT2D eigenvalue weighted by molar-refractivity contribution is 6.17. The summed E-state index contributed by atoms with van der Waals surface area (Å²) in [5.41, 5.74) is 18.4. The summed E-state index contributed by atoms with van der Waals surface area (Å²) in [6, 6.07) is 93.8. The molecule has 0 bridgehead atoms. The first kappa shape index (κ1) is 38.7. The van der Waals surface area contributed by atoms with E-state index in [1.807, 2.05) is 0 Å². The SMILES string of the molecule is c1ccc(-n2c3ccccc3c3ccccc32)c(-c2cccc(-c3ccccc3-n3c4ccccc4c4ccccc43)c2-n2c3ccccc3c3cccc(-n4c5ccccc5c5ccccc54)c32)c1. The van der Waals surface area contributed by atoms with E-state index in [1.54, 1.807) is 0 Å². The van der Waals surface area contributed by atoms with E-state index in [9.17, 15) is 0 Å². The van der Waals surface area contributed by atoms with Gasteiger partial charge in [-0.15, -0.1) is 0 Å². The van der Waals surface area contributed by atoms with Crippen LogP contribution in [0.25, 0.3) is 132 Å². The molecule has 4 aromatic heterocycles. The van der Waals surface area contributed by atoms with Gasteiger partial charge >= 0.3 is 0 Å². The van der Waals surface area contributed by atoms with Crippen molar-refractivity contribution in [1.82, 2.24) is 18.3 Å². The maximum Gasteiger partial charge on any atom is 0.0782 e. The predicted octanol–water partition coefficient (Wildman–Crippen LogP) is 17.4. The van der Waals surface area contributed by atoms with Gasteiger partial charge in [-0.05, 0) is 60.7 Å². The Morgan fingerprint density at radius 3 is 0.800 bits per heavy atom. The lowest BCUT2D eigenvalue weighted by molar-refractivity contribution is 1.12. The second-order valence-corrected chi connectivity index (χ2v) is 18.4. The molecule has 0 aliphatic heterocycles. The maximum absolute atomic E-state index is 2.60. The highest BCUT2D eigenvalue weighted by atomic mass is 15.1. The molecule has 15 rings (SSSR count). The first-order chi connectivity index (χ1) is 34.8. The Hall–Kier alpha value is -9.38. The minimum atomic E-state index is 1.11. The number of hydrogen-bond acceptors (Lipinski definition) is 0. The number of nitrogens with zero attached hydrogens (tertiary/aromatic N) is 4. The van der Waals surface area contributed by atoms with Crippen molar-refractivity contribution in [1.29, 1.82) is 0 Å². The maximum atomic E-state index is 2.60. The lowest BCUT2D eigenvalue weighted by atomic mass is 9.93. The summed E-state index contributed by atoms with van der Waals surface area (Å²) in [5, 5.41) is 9.81. The lowest BCUT2D eigenvalue weighted by Gasteiger charge is -2.24. The largest absolute Gasteiger partial charge is 0.309 e. The van der Waals surface area contributed by atoms with E-state index in [2.05, 4.69) is 273 Å². The minimum Gasteiger partial charge on any atom is -0.309 e. The average Bonchev–Trinajstić information content (AvgIpc) is 4.16. The molecule has 0 fully saturated rings. The molecule has 0 amide bonds. The van der Waals surface area contributed by atoms with Crippen LogP contribution in [-0.2, 0) is 0 Å². The van der Waals surface area contributed by atoms with Crippen LogP contribution in [0.15, 0.2) is 255 Å². The molecule has 0 unspecified atom stereocenters. The van der Waals surface area contributed by atoms with Gasteiger partial charge < -0.3 is 18.3 Å². The summed E-state index contributed by atoms with van der Waals surface area (Å²) >= 11 is 0.